The molecule has 0 aromatic heterocycles. The second kappa shape index (κ2) is 4.45. The largest absolute Gasteiger partial charge is 0.478 e. The minimum atomic E-state index is -0.0564. The normalized spacial score (nSPS) is 9.69. The molecule has 0 radical (unpaired) electrons. The van der Waals surface area contributed by atoms with Crippen LogP contribution in [0.4, 0.5) is 0 Å². The number of rotatable bonds is 3. The van der Waals surface area contributed by atoms with Crippen LogP contribution in [0.15, 0.2) is 36.4 Å². The highest BCUT2D eigenvalue weighted by molar-refractivity contribution is 6.00. The van der Waals surface area contributed by atoms with Crippen LogP contribution >= 0.6 is 0 Å². The number of hydrogen-bond donors (Lipinski definition) is 0. The van der Waals surface area contributed by atoms with Gasteiger partial charge < -0.3 is 4.74 Å². The quantitative estimate of drug-likeness (QED) is 0.733. The van der Waals surface area contributed by atoms with Crippen molar-refractivity contribution < 1.29 is 9.53 Å². The Hall–Kier alpha value is -2.34. The van der Waals surface area contributed by atoms with Gasteiger partial charge in [-0.25, -0.2) is 0 Å². The number of aldehydes is 1. The average Bonchev–Trinajstić information content (AvgIpc) is 2.35. The predicted molar refractivity (Wildman–Crippen MR) is 60.4 cm³/mol. The van der Waals surface area contributed by atoms with Crippen molar-refractivity contribution in [3.8, 4) is 11.8 Å². The van der Waals surface area contributed by atoms with E-state index >= 15 is 0 Å². The minimum absolute atomic E-state index is 0.0564. The molecular weight excluding hydrogens is 202 g/mol. The number of nitrogens with zero attached hydrogens (tertiary/aromatic N) is 1. The van der Waals surface area contributed by atoms with Crippen molar-refractivity contribution in [2.45, 2.75) is 0 Å². The molecular formula is C13H9NO2. The zero-order valence-corrected chi connectivity index (χ0v) is 8.51. The highest BCUT2D eigenvalue weighted by Crippen LogP contribution is 2.26. The molecule has 0 N–H and O–H groups in total. The summed E-state index contributed by atoms with van der Waals surface area (Å²) in [7, 11) is 0. The maximum atomic E-state index is 11.0. The summed E-state index contributed by atoms with van der Waals surface area (Å²) in [5.41, 5.74) is 0.494. The van der Waals surface area contributed by atoms with E-state index in [4.69, 9.17) is 10.00 Å². The molecule has 0 aliphatic heterocycles. The lowest BCUT2D eigenvalue weighted by molar-refractivity contribution is 0.112. The van der Waals surface area contributed by atoms with E-state index in [0.29, 0.717) is 11.3 Å². The Kier molecular flexibility index (Phi) is 2.84. The second-order valence-corrected chi connectivity index (χ2v) is 3.26. The SMILES string of the molecule is N#CCOc1ccc2ccccc2c1C=O. The molecule has 0 atom stereocenters. The fourth-order valence-corrected chi connectivity index (χ4v) is 1.63. The first-order valence-corrected chi connectivity index (χ1v) is 4.83. The average molecular weight is 211 g/mol. The molecule has 3 heteroatoms. The number of ether oxygens (including phenoxy) is 1. The molecule has 0 aliphatic rings. The molecule has 0 bridgehead atoms. The molecule has 0 amide bonds. The molecule has 2 aromatic carbocycles. The fourth-order valence-electron chi connectivity index (χ4n) is 1.63. The van der Waals surface area contributed by atoms with Crippen molar-refractivity contribution in [1.29, 1.82) is 5.26 Å². The van der Waals surface area contributed by atoms with Crippen LogP contribution < -0.4 is 4.74 Å². The van der Waals surface area contributed by atoms with Crippen molar-refractivity contribution in [3.63, 3.8) is 0 Å². The Morgan fingerprint density at radius 1 is 1.25 bits per heavy atom. The zero-order valence-electron chi connectivity index (χ0n) is 8.51. The Morgan fingerprint density at radius 3 is 2.81 bits per heavy atom. The summed E-state index contributed by atoms with van der Waals surface area (Å²) in [6.07, 6.45) is 0.759. The van der Waals surface area contributed by atoms with Crippen molar-refractivity contribution in [3.05, 3.63) is 42.0 Å². The van der Waals surface area contributed by atoms with Gasteiger partial charge in [0.15, 0.2) is 12.9 Å². The summed E-state index contributed by atoms with van der Waals surface area (Å²) in [4.78, 5) is 11.0. The van der Waals surface area contributed by atoms with Gasteiger partial charge in [-0.15, -0.1) is 0 Å². The molecule has 2 aromatic rings. The summed E-state index contributed by atoms with van der Waals surface area (Å²) < 4.78 is 5.19. The van der Waals surface area contributed by atoms with Gasteiger partial charge in [0.05, 0.1) is 5.56 Å². The van der Waals surface area contributed by atoms with Gasteiger partial charge >= 0.3 is 0 Å². The van der Waals surface area contributed by atoms with Crippen LogP contribution in [-0.2, 0) is 0 Å². The molecule has 0 fully saturated rings. The monoisotopic (exact) mass is 211 g/mol. The van der Waals surface area contributed by atoms with E-state index in [-0.39, 0.29) is 6.61 Å². The van der Waals surface area contributed by atoms with Crippen molar-refractivity contribution in [1.82, 2.24) is 0 Å². The van der Waals surface area contributed by atoms with Gasteiger partial charge in [-0.05, 0) is 16.8 Å². The van der Waals surface area contributed by atoms with E-state index in [2.05, 4.69) is 0 Å². The van der Waals surface area contributed by atoms with Gasteiger partial charge in [0.1, 0.15) is 11.8 Å². The van der Waals surface area contributed by atoms with Crippen LogP contribution in [0.1, 0.15) is 10.4 Å². The molecule has 2 rings (SSSR count). The van der Waals surface area contributed by atoms with Crippen molar-refractivity contribution in [2.75, 3.05) is 6.61 Å². The van der Waals surface area contributed by atoms with E-state index in [9.17, 15) is 4.79 Å². The summed E-state index contributed by atoms with van der Waals surface area (Å²) in [5.74, 6) is 0.454. The van der Waals surface area contributed by atoms with Gasteiger partial charge in [0, 0.05) is 0 Å². The number of benzene rings is 2. The maximum absolute atomic E-state index is 11.0. The maximum Gasteiger partial charge on any atom is 0.174 e. The van der Waals surface area contributed by atoms with Crippen LogP contribution in [0.3, 0.4) is 0 Å². The summed E-state index contributed by atoms with van der Waals surface area (Å²) in [5, 5.41) is 10.3. The number of hydrogen-bond acceptors (Lipinski definition) is 3. The van der Waals surface area contributed by atoms with Crippen molar-refractivity contribution in [2.24, 2.45) is 0 Å². The van der Waals surface area contributed by atoms with Gasteiger partial charge in [0.2, 0.25) is 0 Å². The Balaban J connectivity index is 2.59. The molecule has 0 saturated carbocycles. The molecule has 0 spiro atoms. The van der Waals surface area contributed by atoms with E-state index in [1.807, 2.05) is 36.4 Å². The van der Waals surface area contributed by atoms with Crippen LogP contribution in [-0.4, -0.2) is 12.9 Å². The lowest BCUT2D eigenvalue weighted by atomic mass is 10.0. The first-order valence-electron chi connectivity index (χ1n) is 4.83. The molecule has 0 aliphatic carbocycles. The van der Waals surface area contributed by atoms with Crippen LogP contribution in [0.5, 0.6) is 5.75 Å². The highest BCUT2D eigenvalue weighted by Gasteiger charge is 2.07. The number of fused-ring (bicyclic) bond motifs is 1. The molecule has 3 nitrogen and oxygen atoms in total. The predicted octanol–water partition coefficient (Wildman–Crippen LogP) is 2.55. The number of carbonyl (C=O) groups excluding carboxylic acids is 1. The van der Waals surface area contributed by atoms with E-state index in [1.165, 1.54) is 0 Å². The fraction of sp³-hybridized carbons (Fsp3) is 0.0769. The van der Waals surface area contributed by atoms with Gasteiger partial charge in [0.25, 0.3) is 0 Å². The Morgan fingerprint density at radius 2 is 2.06 bits per heavy atom. The molecule has 0 unspecified atom stereocenters. The highest BCUT2D eigenvalue weighted by atomic mass is 16.5. The Labute approximate surface area is 92.9 Å². The molecule has 78 valence electrons. The first kappa shape index (κ1) is 10.2. The third-order valence-corrected chi connectivity index (χ3v) is 2.34. The lowest BCUT2D eigenvalue weighted by Crippen LogP contribution is -1.97. The summed E-state index contributed by atoms with van der Waals surface area (Å²) >= 11 is 0. The minimum Gasteiger partial charge on any atom is -0.478 e. The van der Waals surface area contributed by atoms with Crippen LogP contribution in [0.25, 0.3) is 10.8 Å². The smallest absolute Gasteiger partial charge is 0.174 e. The van der Waals surface area contributed by atoms with E-state index in [1.54, 1.807) is 6.07 Å². The third-order valence-electron chi connectivity index (χ3n) is 2.34. The van der Waals surface area contributed by atoms with Crippen LogP contribution in [0.2, 0.25) is 0 Å². The zero-order chi connectivity index (χ0) is 11.4. The standard InChI is InChI=1S/C13H9NO2/c14-7-8-16-13-6-5-10-3-1-2-4-11(10)12(13)9-15/h1-6,9H,8H2. The van der Waals surface area contributed by atoms with E-state index in [0.717, 1.165) is 17.1 Å². The van der Waals surface area contributed by atoms with E-state index < -0.39 is 0 Å². The first-order chi connectivity index (χ1) is 7.86. The Bertz CT molecular complexity index is 570. The van der Waals surface area contributed by atoms with Gasteiger partial charge in [-0.1, -0.05) is 30.3 Å². The second-order valence-electron chi connectivity index (χ2n) is 3.26. The number of carbonyl (C=O) groups is 1. The van der Waals surface area contributed by atoms with Gasteiger partial charge in [-0.2, -0.15) is 5.26 Å². The lowest BCUT2D eigenvalue weighted by Gasteiger charge is -2.07. The summed E-state index contributed by atoms with van der Waals surface area (Å²) in [6, 6.07) is 13.0. The third kappa shape index (κ3) is 1.73. The van der Waals surface area contributed by atoms with Crippen LogP contribution in [0, 0.1) is 11.3 Å². The topological polar surface area (TPSA) is 50.1 Å². The van der Waals surface area contributed by atoms with Crippen molar-refractivity contribution >= 4 is 17.1 Å². The molecule has 16 heavy (non-hydrogen) atoms. The molecule has 0 saturated heterocycles. The van der Waals surface area contributed by atoms with Gasteiger partial charge in [-0.3, -0.25) is 4.79 Å². The molecule has 0 heterocycles. The summed E-state index contributed by atoms with van der Waals surface area (Å²) in [6.45, 7) is -0.0564. The number of nitriles is 1.